The van der Waals surface area contributed by atoms with Gasteiger partial charge in [0.2, 0.25) is 10.0 Å². The summed E-state index contributed by atoms with van der Waals surface area (Å²) in [6, 6.07) is 7.29. The number of para-hydroxylation sites is 1. The maximum Gasteiger partial charge on any atom is 0.217 e. The van der Waals surface area contributed by atoms with Crippen molar-refractivity contribution >= 4 is 33.4 Å². The smallest absolute Gasteiger partial charge is 0.217 e. The summed E-state index contributed by atoms with van der Waals surface area (Å²) in [6.45, 7) is 4.47. The maximum absolute atomic E-state index is 12.3. The molecule has 1 aromatic carbocycles. The lowest BCUT2D eigenvalue weighted by molar-refractivity contribution is 0.232. The Labute approximate surface area is 142 Å². The number of piperidine rings is 1. The molecule has 1 aliphatic heterocycles. The number of nitrogens with one attached hydrogen (secondary N) is 2. The van der Waals surface area contributed by atoms with E-state index in [1.165, 1.54) is 0 Å². The first-order valence-electron chi connectivity index (χ1n) is 7.49. The molecule has 0 radical (unpaired) electrons. The molecule has 3 rings (SSSR count). The third-order valence-corrected chi connectivity index (χ3v) is 5.55. The molecule has 0 bridgehead atoms. The number of benzene rings is 1. The fourth-order valence-corrected chi connectivity index (χ4v) is 4.00. The molecule has 1 fully saturated rings. The predicted molar refractivity (Wildman–Crippen MR) is 92.1 cm³/mol. The van der Waals surface area contributed by atoms with Crippen molar-refractivity contribution in [1.29, 1.82) is 0 Å². The van der Waals surface area contributed by atoms with Gasteiger partial charge in [-0.3, -0.25) is 0 Å². The van der Waals surface area contributed by atoms with E-state index in [4.69, 9.17) is 4.52 Å². The molecular formula is C15H22ClN3O3S. The fraction of sp³-hybridized carbons (Fsp3) is 0.533. The van der Waals surface area contributed by atoms with Crippen molar-refractivity contribution in [3.05, 3.63) is 30.0 Å². The minimum Gasteiger partial charge on any atom is -0.356 e. The van der Waals surface area contributed by atoms with Crippen molar-refractivity contribution in [3.8, 4) is 0 Å². The number of halogens is 1. The molecule has 0 unspecified atom stereocenters. The summed E-state index contributed by atoms with van der Waals surface area (Å²) in [5.41, 5.74) is 1.08. The van der Waals surface area contributed by atoms with Crippen LogP contribution in [0.15, 0.2) is 28.8 Å². The average molecular weight is 360 g/mol. The van der Waals surface area contributed by atoms with Crippen molar-refractivity contribution in [2.75, 3.05) is 19.6 Å². The van der Waals surface area contributed by atoms with E-state index in [1.807, 2.05) is 18.2 Å². The van der Waals surface area contributed by atoms with E-state index in [0.717, 1.165) is 31.3 Å². The van der Waals surface area contributed by atoms with Crippen LogP contribution in [-0.4, -0.2) is 33.2 Å². The lowest BCUT2D eigenvalue weighted by Gasteiger charge is -2.34. The monoisotopic (exact) mass is 359 g/mol. The van der Waals surface area contributed by atoms with Crippen molar-refractivity contribution in [1.82, 2.24) is 15.2 Å². The summed E-state index contributed by atoms with van der Waals surface area (Å²) in [5, 5.41) is 7.93. The molecule has 0 aliphatic carbocycles. The molecule has 2 N–H and O–H groups in total. The second-order valence-corrected chi connectivity index (χ2v) is 8.07. The first-order valence-corrected chi connectivity index (χ1v) is 9.14. The zero-order valence-corrected chi connectivity index (χ0v) is 14.7. The largest absolute Gasteiger partial charge is 0.356 e. The highest BCUT2D eigenvalue weighted by atomic mass is 35.5. The topological polar surface area (TPSA) is 84.2 Å². The number of aromatic nitrogens is 1. The Balaban J connectivity index is 0.00000192. The van der Waals surface area contributed by atoms with Gasteiger partial charge in [0.1, 0.15) is 11.4 Å². The van der Waals surface area contributed by atoms with Crippen LogP contribution in [0, 0.1) is 5.41 Å². The summed E-state index contributed by atoms with van der Waals surface area (Å²) in [7, 11) is -3.43. The number of hydrogen-bond acceptors (Lipinski definition) is 5. The van der Waals surface area contributed by atoms with Gasteiger partial charge in [-0.05, 0) is 43.5 Å². The summed E-state index contributed by atoms with van der Waals surface area (Å²) in [5.74, 6) is -0.154. The molecule has 6 nitrogen and oxygen atoms in total. The molecular weight excluding hydrogens is 338 g/mol. The molecule has 128 valence electrons. The van der Waals surface area contributed by atoms with Crippen LogP contribution in [0.2, 0.25) is 0 Å². The van der Waals surface area contributed by atoms with Gasteiger partial charge in [0.05, 0.1) is 0 Å². The van der Waals surface area contributed by atoms with Crippen molar-refractivity contribution in [2.24, 2.45) is 5.41 Å². The minimum atomic E-state index is -3.43. The molecule has 1 saturated heterocycles. The standard InChI is InChI=1S/C15H21N3O3S.ClH/c1-15(6-8-16-9-7-15)11-17-22(19,20)10-13-12-4-2-3-5-14(12)21-18-13;/h2-5,16-17H,6-11H2,1H3;1H. The Hall–Kier alpha value is -1.15. The first kappa shape index (κ1) is 18.2. The summed E-state index contributed by atoms with van der Waals surface area (Å²) < 4.78 is 32.5. The van der Waals surface area contributed by atoms with Gasteiger partial charge in [-0.15, -0.1) is 12.4 Å². The van der Waals surface area contributed by atoms with Gasteiger partial charge in [-0.1, -0.05) is 24.2 Å². The molecule has 0 amide bonds. The number of rotatable bonds is 5. The highest BCUT2D eigenvalue weighted by Crippen LogP contribution is 2.27. The normalized spacial score (nSPS) is 17.8. The quantitative estimate of drug-likeness (QED) is 0.853. The Morgan fingerprint density at radius 2 is 2.00 bits per heavy atom. The Bertz CT molecular complexity index is 754. The molecule has 0 spiro atoms. The maximum atomic E-state index is 12.3. The van der Waals surface area contributed by atoms with Gasteiger partial charge >= 0.3 is 0 Å². The van der Waals surface area contributed by atoms with E-state index in [-0.39, 0.29) is 23.6 Å². The van der Waals surface area contributed by atoms with Crippen LogP contribution in [-0.2, 0) is 15.8 Å². The number of fused-ring (bicyclic) bond motifs is 1. The first-order chi connectivity index (χ1) is 10.5. The molecule has 0 atom stereocenters. The van der Waals surface area contributed by atoms with Crippen LogP contribution in [0.1, 0.15) is 25.5 Å². The van der Waals surface area contributed by atoms with Crippen LogP contribution >= 0.6 is 12.4 Å². The Kier molecular flexibility index (Phi) is 5.67. The van der Waals surface area contributed by atoms with E-state index in [0.29, 0.717) is 17.8 Å². The van der Waals surface area contributed by atoms with E-state index < -0.39 is 10.0 Å². The van der Waals surface area contributed by atoms with Gasteiger partial charge in [-0.25, -0.2) is 13.1 Å². The third-order valence-electron chi connectivity index (χ3n) is 4.31. The Morgan fingerprint density at radius 1 is 1.30 bits per heavy atom. The number of hydrogen-bond donors (Lipinski definition) is 2. The zero-order valence-electron chi connectivity index (χ0n) is 13.0. The number of nitrogens with zero attached hydrogens (tertiary/aromatic N) is 1. The van der Waals surface area contributed by atoms with Crippen molar-refractivity contribution in [2.45, 2.75) is 25.5 Å². The van der Waals surface area contributed by atoms with Crippen molar-refractivity contribution < 1.29 is 12.9 Å². The van der Waals surface area contributed by atoms with Gasteiger partial charge in [-0.2, -0.15) is 0 Å². The molecule has 1 aromatic heterocycles. The Morgan fingerprint density at radius 3 is 2.74 bits per heavy atom. The molecule has 0 saturated carbocycles. The molecule has 23 heavy (non-hydrogen) atoms. The van der Waals surface area contributed by atoms with Crippen LogP contribution < -0.4 is 10.0 Å². The second-order valence-electron chi connectivity index (χ2n) is 6.27. The SMILES string of the molecule is CC1(CNS(=O)(=O)Cc2noc3ccccc23)CCNCC1.Cl. The van der Waals surface area contributed by atoms with Crippen molar-refractivity contribution in [3.63, 3.8) is 0 Å². The minimum absolute atomic E-state index is 0. The van der Waals surface area contributed by atoms with E-state index in [2.05, 4.69) is 22.1 Å². The molecule has 1 aliphatic rings. The van der Waals surface area contributed by atoms with Gasteiger partial charge < -0.3 is 9.84 Å². The van der Waals surface area contributed by atoms with Crippen LogP contribution in [0.4, 0.5) is 0 Å². The average Bonchev–Trinajstić information content (AvgIpc) is 2.89. The van der Waals surface area contributed by atoms with Gasteiger partial charge in [0, 0.05) is 11.9 Å². The van der Waals surface area contributed by atoms with Crippen LogP contribution in [0.25, 0.3) is 11.0 Å². The summed E-state index contributed by atoms with van der Waals surface area (Å²) in [6.07, 6.45) is 1.95. The van der Waals surface area contributed by atoms with Crippen LogP contribution in [0.3, 0.4) is 0 Å². The van der Waals surface area contributed by atoms with Gasteiger partial charge in [0.15, 0.2) is 5.58 Å². The molecule has 8 heteroatoms. The summed E-state index contributed by atoms with van der Waals surface area (Å²) >= 11 is 0. The molecule has 2 aromatic rings. The van der Waals surface area contributed by atoms with Crippen LogP contribution in [0.5, 0.6) is 0 Å². The highest BCUT2D eigenvalue weighted by molar-refractivity contribution is 7.88. The van der Waals surface area contributed by atoms with E-state index in [1.54, 1.807) is 6.07 Å². The zero-order chi connectivity index (χ0) is 15.6. The highest BCUT2D eigenvalue weighted by Gasteiger charge is 2.28. The van der Waals surface area contributed by atoms with Gasteiger partial charge in [0.25, 0.3) is 0 Å². The summed E-state index contributed by atoms with van der Waals surface area (Å²) in [4.78, 5) is 0. The van der Waals surface area contributed by atoms with E-state index in [9.17, 15) is 8.42 Å². The lowest BCUT2D eigenvalue weighted by Crippen LogP contribution is -2.43. The predicted octanol–water partition coefficient (Wildman–Crippen LogP) is 2.06. The molecule has 2 heterocycles. The fourth-order valence-electron chi connectivity index (χ4n) is 2.76. The second kappa shape index (κ2) is 7.17. The lowest BCUT2D eigenvalue weighted by atomic mass is 9.81. The van der Waals surface area contributed by atoms with E-state index >= 15 is 0 Å². The third kappa shape index (κ3) is 4.44. The number of sulfonamides is 1.